The Morgan fingerprint density at radius 3 is 1.67 bits per heavy atom. The van der Waals surface area contributed by atoms with Crippen LogP contribution in [0.4, 0.5) is 8.78 Å². The SMILES string of the molecule is CC(=CF)SC(C)=CF. The summed E-state index contributed by atoms with van der Waals surface area (Å²) in [5, 5.41) is 0. The highest BCUT2D eigenvalue weighted by Crippen LogP contribution is 2.23. The van der Waals surface area contributed by atoms with Gasteiger partial charge in [-0.25, -0.2) is 8.78 Å². The molecule has 0 aliphatic heterocycles. The van der Waals surface area contributed by atoms with Crippen LogP contribution in [0.5, 0.6) is 0 Å². The molecule has 0 rings (SSSR count). The first-order valence-electron chi connectivity index (χ1n) is 2.42. The van der Waals surface area contributed by atoms with Gasteiger partial charge in [0.2, 0.25) is 0 Å². The smallest absolute Gasteiger partial charge is 0.0962 e. The van der Waals surface area contributed by atoms with Crippen molar-refractivity contribution in [2.45, 2.75) is 13.8 Å². The molecule has 0 aromatic carbocycles. The summed E-state index contributed by atoms with van der Waals surface area (Å²) in [6.45, 7) is 3.16. The van der Waals surface area contributed by atoms with Crippen molar-refractivity contribution < 1.29 is 8.78 Å². The molecule has 0 heterocycles. The van der Waals surface area contributed by atoms with Crippen LogP contribution in [0.15, 0.2) is 22.5 Å². The minimum atomic E-state index is 0.456. The van der Waals surface area contributed by atoms with Gasteiger partial charge in [0.1, 0.15) is 0 Å². The fraction of sp³-hybridized carbons (Fsp3) is 0.333. The summed E-state index contributed by atoms with van der Waals surface area (Å²) in [6, 6.07) is 0. The molecule has 52 valence electrons. The zero-order valence-corrected chi connectivity index (χ0v) is 6.14. The van der Waals surface area contributed by atoms with Crippen molar-refractivity contribution in [2.75, 3.05) is 0 Å². The molecule has 0 aromatic rings. The maximum Gasteiger partial charge on any atom is 0.0962 e. The summed E-state index contributed by atoms with van der Waals surface area (Å²) >= 11 is 1.07. The van der Waals surface area contributed by atoms with E-state index in [1.165, 1.54) is 0 Å². The van der Waals surface area contributed by atoms with Gasteiger partial charge in [0.25, 0.3) is 0 Å². The molecular weight excluding hydrogens is 142 g/mol. The van der Waals surface area contributed by atoms with Crippen molar-refractivity contribution in [3.63, 3.8) is 0 Å². The van der Waals surface area contributed by atoms with Gasteiger partial charge >= 0.3 is 0 Å². The first-order chi connectivity index (χ1) is 4.20. The fourth-order valence-electron chi connectivity index (χ4n) is 0.298. The van der Waals surface area contributed by atoms with Crippen LogP contribution in [0.3, 0.4) is 0 Å². The van der Waals surface area contributed by atoms with Gasteiger partial charge in [-0.3, -0.25) is 0 Å². The molecule has 0 spiro atoms. The maximum absolute atomic E-state index is 11.6. The van der Waals surface area contributed by atoms with Gasteiger partial charge in [0, 0.05) is 9.81 Å². The predicted molar refractivity (Wildman–Crippen MR) is 37.3 cm³/mol. The van der Waals surface area contributed by atoms with Crippen molar-refractivity contribution in [1.29, 1.82) is 0 Å². The van der Waals surface area contributed by atoms with E-state index in [0.717, 1.165) is 11.8 Å². The second-order valence-corrected chi connectivity index (χ2v) is 3.03. The van der Waals surface area contributed by atoms with E-state index in [2.05, 4.69) is 0 Å². The third-order valence-corrected chi connectivity index (χ3v) is 1.45. The first kappa shape index (κ1) is 8.69. The first-order valence-corrected chi connectivity index (χ1v) is 3.24. The molecule has 0 aliphatic carbocycles. The Bertz CT molecular complexity index is 122. The van der Waals surface area contributed by atoms with Gasteiger partial charge < -0.3 is 0 Å². The summed E-state index contributed by atoms with van der Waals surface area (Å²) in [7, 11) is 0. The monoisotopic (exact) mass is 150 g/mol. The summed E-state index contributed by atoms with van der Waals surface area (Å²) in [5.74, 6) is 0. The van der Waals surface area contributed by atoms with Gasteiger partial charge in [-0.1, -0.05) is 11.8 Å². The van der Waals surface area contributed by atoms with Crippen molar-refractivity contribution in [3.05, 3.63) is 22.5 Å². The van der Waals surface area contributed by atoms with Crippen molar-refractivity contribution >= 4 is 11.8 Å². The van der Waals surface area contributed by atoms with E-state index < -0.39 is 0 Å². The maximum atomic E-state index is 11.6. The summed E-state index contributed by atoms with van der Waals surface area (Å²) < 4.78 is 23.1. The lowest BCUT2D eigenvalue weighted by molar-refractivity contribution is 0.715. The number of halogens is 2. The van der Waals surface area contributed by atoms with Gasteiger partial charge in [0.15, 0.2) is 0 Å². The van der Waals surface area contributed by atoms with Crippen LogP contribution in [-0.4, -0.2) is 0 Å². The highest BCUT2D eigenvalue weighted by atomic mass is 32.2. The molecule has 0 radical (unpaired) electrons. The van der Waals surface area contributed by atoms with Crippen LogP contribution < -0.4 is 0 Å². The molecular formula is C6H8F2S. The molecule has 3 heteroatoms. The van der Waals surface area contributed by atoms with Gasteiger partial charge in [-0.2, -0.15) is 0 Å². The Hall–Kier alpha value is -0.310. The van der Waals surface area contributed by atoms with E-state index in [1.807, 2.05) is 0 Å². The molecule has 0 nitrogen and oxygen atoms in total. The molecule has 0 amide bonds. The Morgan fingerprint density at radius 1 is 1.11 bits per heavy atom. The summed E-state index contributed by atoms with van der Waals surface area (Å²) in [5.41, 5.74) is 0. The van der Waals surface area contributed by atoms with E-state index in [1.54, 1.807) is 13.8 Å². The van der Waals surface area contributed by atoms with Crippen LogP contribution in [0.25, 0.3) is 0 Å². The average Bonchev–Trinajstić information content (AvgIpc) is 1.87. The second-order valence-electron chi connectivity index (χ2n) is 1.54. The summed E-state index contributed by atoms with van der Waals surface area (Å²) in [6.07, 6.45) is 0.912. The molecule has 0 saturated heterocycles. The Kier molecular flexibility index (Phi) is 4.40. The van der Waals surface area contributed by atoms with Crippen molar-refractivity contribution in [1.82, 2.24) is 0 Å². The quantitative estimate of drug-likeness (QED) is 0.581. The Balaban J connectivity index is 3.75. The van der Waals surface area contributed by atoms with E-state index in [4.69, 9.17) is 0 Å². The van der Waals surface area contributed by atoms with E-state index in [0.29, 0.717) is 22.5 Å². The van der Waals surface area contributed by atoms with Crippen LogP contribution in [0.1, 0.15) is 13.8 Å². The third-order valence-electron chi connectivity index (χ3n) is 0.629. The van der Waals surface area contributed by atoms with Gasteiger partial charge in [-0.15, -0.1) is 0 Å². The Morgan fingerprint density at radius 2 is 1.44 bits per heavy atom. The largest absolute Gasteiger partial charge is 0.215 e. The highest BCUT2D eigenvalue weighted by molar-refractivity contribution is 8.06. The molecule has 0 aliphatic rings. The topological polar surface area (TPSA) is 0 Å². The number of rotatable bonds is 2. The minimum absolute atomic E-state index is 0.456. The lowest BCUT2D eigenvalue weighted by Gasteiger charge is -1.94. The minimum Gasteiger partial charge on any atom is -0.215 e. The zero-order chi connectivity index (χ0) is 7.28. The van der Waals surface area contributed by atoms with Crippen molar-refractivity contribution in [2.24, 2.45) is 0 Å². The zero-order valence-electron chi connectivity index (χ0n) is 5.32. The van der Waals surface area contributed by atoms with E-state index in [-0.39, 0.29) is 0 Å². The fourth-order valence-corrected chi connectivity index (χ4v) is 0.895. The average molecular weight is 150 g/mol. The lowest BCUT2D eigenvalue weighted by atomic mass is 10.7. The molecule has 0 fully saturated rings. The number of allylic oxidation sites excluding steroid dienone is 2. The number of thioether (sulfide) groups is 1. The van der Waals surface area contributed by atoms with Crippen LogP contribution in [-0.2, 0) is 0 Å². The molecule has 0 aromatic heterocycles. The lowest BCUT2D eigenvalue weighted by Crippen LogP contribution is -1.65. The Labute approximate surface area is 57.6 Å². The predicted octanol–water partition coefficient (Wildman–Crippen LogP) is 3.38. The van der Waals surface area contributed by atoms with Crippen LogP contribution in [0, 0.1) is 0 Å². The molecule has 0 N–H and O–H groups in total. The van der Waals surface area contributed by atoms with E-state index in [9.17, 15) is 8.78 Å². The second kappa shape index (κ2) is 4.56. The summed E-state index contributed by atoms with van der Waals surface area (Å²) in [4.78, 5) is 0.919. The van der Waals surface area contributed by atoms with Gasteiger partial charge in [-0.05, 0) is 13.8 Å². The molecule has 0 atom stereocenters. The van der Waals surface area contributed by atoms with Gasteiger partial charge in [0.05, 0.1) is 12.7 Å². The molecule has 9 heavy (non-hydrogen) atoms. The third kappa shape index (κ3) is 4.21. The molecule has 0 bridgehead atoms. The van der Waals surface area contributed by atoms with E-state index >= 15 is 0 Å². The normalized spacial score (nSPS) is 14.2. The molecule has 0 saturated carbocycles. The standard InChI is InChI=1S/C6H8F2S/c1-5(3-7)9-6(2)4-8/h3-4H,1-2H3. The van der Waals surface area contributed by atoms with Crippen LogP contribution >= 0.6 is 11.8 Å². The van der Waals surface area contributed by atoms with Crippen LogP contribution in [0.2, 0.25) is 0 Å². The number of hydrogen-bond donors (Lipinski definition) is 0. The number of hydrogen-bond acceptors (Lipinski definition) is 1. The highest BCUT2D eigenvalue weighted by Gasteiger charge is 1.91. The molecule has 0 unspecified atom stereocenters. The van der Waals surface area contributed by atoms with Crippen molar-refractivity contribution in [3.8, 4) is 0 Å².